The molecule has 4 atom stereocenters. The van der Waals surface area contributed by atoms with E-state index in [1.54, 1.807) is 61.5 Å². The van der Waals surface area contributed by atoms with Gasteiger partial charge >= 0.3 is 0 Å². The maximum Gasteiger partial charge on any atom is 0.292 e. The number of ether oxygens (including phenoxy) is 1. The maximum absolute atomic E-state index is 16.0. The number of rotatable bonds is 8. The molecule has 10 rings (SSSR count). The molecule has 0 spiro atoms. The Bertz CT molecular complexity index is 2990. The van der Waals surface area contributed by atoms with E-state index in [2.05, 4.69) is 0 Å². The van der Waals surface area contributed by atoms with Crippen molar-refractivity contribution in [3.63, 3.8) is 0 Å². The molecule has 10 heteroatoms. The van der Waals surface area contributed by atoms with Crippen LogP contribution in [0.3, 0.4) is 0 Å². The molecule has 2 heterocycles. The first-order valence-corrected chi connectivity index (χ1v) is 23.8. The lowest BCUT2D eigenvalue weighted by Crippen LogP contribution is -2.34. The Hall–Kier alpha value is -6.98. The monoisotopic (exact) mass is 868 g/mol. The molecule has 2 aliphatic rings. The molecular weight excluding hydrogens is 827 g/mol. The van der Waals surface area contributed by atoms with Gasteiger partial charge in [0.15, 0.2) is 0 Å². The zero-order valence-corrected chi connectivity index (χ0v) is 36.4. The average Bonchev–Trinajstić information content (AvgIpc) is 3.29. The number of para-hydroxylation sites is 2. The van der Waals surface area contributed by atoms with Crippen molar-refractivity contribution < 1.29 is 38.2 Å². The number of fused-ring (bicyclic) bond motifs is 6. The molecule has 0 aliphatic carbocycles. The summed E-state index contributed by atoms with van der Waals surface area (Å²) in [5, 5.41) is 31.5. The van der Waals surface area contributed by atoms with Gasteiger partial charge < -0.3 is 29.1 Å². The van der Waals surface area contributed by atoms with Gasteiger partial charge in [0.25, 0.3) is 14.7 Å². The Morgan fingerprint density at radius 1 is 0.460 bits per heavy atom. The molecule has 0 bridgehead atoms. The van der Waals surface area contributed by atoms with Crippen molar-refractivity contribution in [1.82, 2.24) is 0 Å². The minimum atomic E-state index is -3.97. The predicted octanol–water partition coefficient (Wildman–Crippen LogP) is 12.8. The second kappa shape index (κ2) is 14.8. The van der Waals surface area contributed by atoms with Crippen LogP contribution in [0.1, 0.15) is 41.7 Å². The van der Waals surface area contributed by atoms with Crippen molar-refractivity contribution >= 4 is 25.3 Å². The van der Waals surface area contributed by atoms with Gasteiger partial charge in [-0.1, -0.05) is 115 Å². The van der Waals surface area contributed by atoms with Crippen LogP contribution in [-0.2, 0) is 19.4 Å². The van der Waals surface area contributed by atoms with Gasteiger partial charge in [-0.2, -0.15) is 0 Å². The van der Waals surface area contributed by atoms with E-state index in [0.717, 1.165) is 27.8 Å². The highest BCUT2D eigenvalue weighted by Gasteiger charge is 2.56. The van der Waals surface area contributed by atoms with E-state index in [0.29, 0.717) is 55.9 Å². The third-order valence-corrected chi connectivity index (χ3v) is 19.0. The van der Waals surface area contributed by atoms with Crippen LogP contribution in [0, 0.1) is 6.92 Å². The van der Waals surface area contributed by atoms with Crippen molar-refractivity contribution in [2.24, 2.45) is 0 Å². The van der Waals surface area contributed by atoms with E-state index in [-0.39, 0.29) is 17.2 Å². The lowest BCUT2D eigenvalue weighted by molar-refractivity contribution is 0.430. The molecule has 8 aromatic carbocycles. The second-order valence-corrected chi connectivity index (χ2v) is 21.7. The van der Waals surface area contributed by atoms with Crippen molar-refractivity contribution in [1.29, 1.82) is 0 Å². The summed E-state index contributed by atoms with van der Waals surface area (Å²) in [6, 6.07) is 54.2. The lowest BCUT2D eigenvalue weighted by Gasteiger charge is -2.41. The van der Waals surface area contributed by atoms with Crippen LogP contribution in [0.25, 0.3) is 22.3 Å². The molecule has 0 saturated heterocycles. The molecule has 8 nitrogen and oxygen atoms in total. The number of phenols is 3. The molecule has 63 heavy (non-hydrogen) atoms. The molecule has 4 unspecified atom stereocenters. The minimum absolute atomic E-state index is 0.00864. The van der Waals surface area contributed by atoms with E-state index in [1.807, 2.05) is 129 Å². The van der Waals surface area contributed by atoms with Crippen molar-refractivity contribution in [3.8, 4) is 62.5 Å². The van der Waals surface area contributed by atoms with E-state index >= 15 is 9.13 Å². The summed E-state index contributed by atoms with van der Waals surface area (Å²) in [4.78, 5) is 0. The normalized spacial score (nSPS) is 19.0. The van der Waals surface area contributed by atoms with Crippen LogP contribution in [0.2, 0.25) is 0 Å². The number of benzene rings is 8. The van der Waals surface area contributed by atoms with Gasteiger partial charge in [-0.15, -0.1) is 0 Å². The van der Waals surface area contributed by atoms with Gasteiger partial charge in [0.05, 0.1) is 10.6 Å². The molecule has 0 aromatic heterocycles. The van der Waals surface area contributed by atoms with Gasteiger partial charge in [-0.25, -0.2) is 0 Å². The van der Waals surface area contributed by atoms with Gasteiger partial charge in [0.1, 0.15) is 50.6 Å². The molecule has 0 saturated carbocycles. The number of hydrogen-bond acceptors (Lipinski definition) is 8. The smallest absolute Gasteiger partial charge is 0.292 e. The van der Waals surface area contributed by atoms with Crippen molar-refractivity contribution in [3.05, 3.63) is 210 Å². The quantitative estimate of drug-likeness (QED) is 0.129. The highest BCUT2D eigenvalue weighted by Crippen LogP contribution is 2.71. The molecule has 0 amide bonds. The van der Waals surface area contributed by atoms with Gasteiger partial charge in [0.2, 0.25) is 0 Å². The van der Waals surface area contributed by atoms with Crippen LogP contribution in [0.15, 0.2) is 182 Å². The molecular formula is C53H42O8P2. The Kier molecular flexibility index (Phi) is 9.45. The Morgan fingerprint density at radius 2 is 0.857 bits per heavy atom. The SMILES string of the molecule is Cc1ccc(C(C)(c2ccc(Oc3ccc(C(C)(c4ccc(O)cc4O)P4(=O)Oc5ccccc5-c5ccccc54)cc3)cc2)P2(=O)Oc3ccccc3-c3ccccc32)c(O)c1. The Balaban J connectivity index is 1.03. The summed E-state index contributed by atoms with van der Waals surface area (Å²) in [6.45, 7) is 5.55. The standard InChI is InChI=1S/C53H42O8P2/c1-34-20-30-44(46(55)32-34)52(2,62(57)50-18-10-6-14-42(50)40-12-4-8-16-48(40)60-62)35-21-26-38(27-22-35)59-39-28-23-36(24-29-39)53(3,45-31-25-37(54)33-47(45)56)63(58)51-19-11-7-15-43(51)41-13-5-9-17-49(41)61-63/h4-33,54-56H,1-3H3. The van der Waals surface area contributed by atoms with Crippen molar-refractivity contribution in [2.75, 3.05) is 0 Å². The van der Waals surface area contributed by atoms with Crippen LogP contribution >= 0.6 is 14.7 Å². The number of hydrogen-bond donors (Lipinski definition) is 3. The van der Waals surface area contributed by atoms with Gasteiger partial charge in [-0.05, 0) is 109 Å². The summed E-state index contributed by atoms with van der Waals surface area (Å²) in [6.07, 6.45) is 0. The summed E-state index contributed by atoms with van der Waals surface area (Å²) >= 11 is 0. The van der Waals surface area contributed by atoms with Crippen LogP contribution in [0.5, 0.6) is 40.2 Å². The Morgan fingerprint density at radius 3 is 1.30 bits per heavy atom. The summed E-state index contributed by atoms with van der Waals surface area (Å²) < 4.78 is 51.5. The highest BCUT2D eigenvalue weighted by atomic mass is 31.2. The molecule has 312 valence electrons. The third-order valence-electron chi connectivity index (χ3n) is 12.7. The first kappa shape index (κ1) is 40.1. The predicted molar refractivity (Wildman–Crippen MR) is 248 cm³/mol. The first-order chi connectivity index (χ1) is 30.3. The first-order valence-electron chi connectivity index (χ1n) is 20.5. The van der Waals surface area contributed by atoms with Crippen LogP contribution in [0.4, 0.5) is 0 Å². The van der Waals surface area contributed by atoms with Crippen molar-refractivity contribution in [2.45, 2.75) is 31.1 Å². The third kappa shape index (κ3) is 6.12. The largest absolute Gasteiger partial charge is 0.508 e. The second-order valence-electron chi connectivity index (χ2n) is 16.3. The fraction of sp³-hybridized carbons (Fsp3) is 0.0943. The van der Waals surface area contributed by atoms with E-state index in [4.69, 9.17) is 13.8 Å². The number of aryl methyl sites for hydroxylation is 1. The van der Waals surface area contributed by atoms with E-state index in [9.17, 15) is 15.3 Å². The maximum atomic E-state index is 16.0. The van der Waals surface area contributed by atoms with Crippen LogP contribution in [-0.4, -0.2) is 15.3 Å². The van der Waals surface area contributed by atoms with Gasteiger partial charge in [-0.3, -0.25) is 9.13 Å². The van der Waals surface area contributed by atoms with Crippen LogP contribution < -0.4 is 24.4 Å². The minimum Gasteiger partial charge on any atom is -0.508 e. The molecule has 0 fully saturated rings. The molecule has 0 radical (unpaired) electrons. The number of phenolic OH excluding ortho intramolecular Hbond substituents is 3. The molecule has 3 N–H and O–H groups in total. The molecule has 8 aromatic rings. The topological polar surface area (TPSA) is 123 Å². The molecule has 2 aliphatic heterocycles. The van der Waals surface area contributed by atoms with E-state index < -0.39 is 25.0 Å². The highest BCUT2D eigenvalue weighted by molar-refractivity contribution is 7.69. The zero-order valence-electron chi connectivity index (χ0n) is 34.6. The fourth-order valence-electron chi connectivity index (χ4n) is 9.28. The number of aromatic hydroxyl groups is 3. The Labute approximate surface area is 365 Å². The van der Waals surface area contributed by atoms with Gasteiger partial charge in [0, 0.05) is 28.3 Å². The summed E-state index contributed by atoms with van der Waals surface area (Å²) in [5.41, 5.74) is 6.11. The summed E-state index contributed by atoms with van der Waals surface area (Å²) in [7, 11) is -7.87. The lowest BCUT2D eigenvalue weighted by atomic mass is 9.90. The fourth-order valence-corrected chi connectivity index (χ4v) is 15.3. The summed E-state index contributed by atoms with van der Waals surface area (Å²) in [5.74, 6) is 1.59. The zero-order chi connectivity index (χ0) is 43.7. The average molecular weight is 869 g/mol. The van der Waals surface area contributed by atoms with E-state index in [1.165, 1.54) is 12.1 Å².